The molecule has 7 heteroatoms. The molecule has 78 valence electrons. The van der Waals surface area contributed by atoms with Gasteiger partial charge in [-0.15, -0.1) is 0 Å². The van der Waals surface area contributed by atoms with Gasteiger partial charge in [0.05, 0.1) is 13.2 Å². The molecule has 1 fully saturated rings. The van der Waals surface area contributed by atoms with Gasteiger partial charge in [-0.2, -0.15) is 5.21 Å². The van der Waals surface area contributed by atoms with Crippen LogP contribution in [-0.4, -0.2) is 46.1 Å². The fourth-order valence-electron chi connectivity index (χ4n) is 1.55. The zero-order valence-corrected chi connectivity index (χ0v) is 8.71. The van der Waals surface area contributed by atoms with Crippen LogP contribution >= 0.6 is 12.2 Å². The molecule has 2 rings (SSSR count). The molecule has 1 aliphatic rings. The number of hydrogen-bond acceptors (Lipinski definition) is 5. The molecule has 6 nitrogen and oxygen atoms in total. The smallest absolute Gasteiger partial charge is 0.238 e. The van der Waals surface area contributed by atoms with Crippen LogP contribution in [-0.2, 0) is 16.0 Å². The Hall–Kier alpha value is -0.790. The van der Waals surface area contributed by atoms with Crippen molar-refractivity contribution in [2.45, 2.75) is 18.6 Å². The first-order chi connectivity index (χ1) is 6.76. The monoisotopic (exact) mass is 216 g/mol. The molecule has 0 amide bonds. The number of aromatic nitrogens is 4. The molecule has 2 heterocycles. The topological polar surface area (TPSA) is 65.0 Å². The Morgan fingerprint density at radius 1 is 1.79 bits per heavy atom. The Balaban J connectivity index is 2.16. The largest absolute Gasteiger partial charge is 0.378 e. The van der Waals surface area contributed by atoms with Crippen molar-refractivity contribution in [2.75, 3.05) is 20.3 Å². The summed E-state index contributed by atoms with van der Waals surface area (Å²) in [4.78, 5) is 0. The van der Waals surface area contributed by atoms with Gasteiger partial charge in [-0.1, -0.05) is 10.3 Å². The molecule has 1 atom stereocenters. The first kappa shape index (κ1) is 9.75. The van der Waals surface area contributed by atoms with Crippen molar-refractivity contribution in [1.29, 1.82) is 0 Å². The summed E-state index contributed by atoms with van der Waals surface area (Å²) in [6.07, 6.45) is 0.865. The number of rotatable bonds is 3. The van der Waals surface area contributed by atoms with Gasteiger partial charge < -0.3 is 9.47 Å². The van der Waals surface area contributed by atoms with Crippen molar-refractivity contribution in [2.24, 2.45) is 0 Å². The maximum absolute atomic E-state index is 5.46. The number of aromatic amines is 1. The summed E-state index contributed by atoms with van der Waals surface area (Å²) in [7, 11) is 1.68. The highest BCUT2D eigenvalue weighted by Gasteiger charge is 2.35. The van der Waals surface area contributed by atoms with E-state index < -0.39 is 0 Å². The van der Waals surface area contributed by atoms with E-state index in [1.165, 1.54) is 0 Å². The van der Waals surface area contributed by atoms with E-state index in [2.05, 4.69) is 15.5 Å². The van der Waals surface area contributed by atoms with E-state index in [1.54, 1.807) is 11.8 Å². The van der Waals surface area contributed by atoms with Crippen molar-refractivity contribution >= 4 is 12.2 Å². The summed E-state index contributed by atoms with van der Waals surface area (Å²) in [5.74, 6) is 0. The molecule has 0 radical (unpaired) electrons. The quantitative estimate of drug-likeness (QED) is 0.728. The molecule has 0 aromatic carbocycles. The highest BCUT2D eigenvalue weighted by molar-refractivity contribution is 7.71. The molecule has 1 aliphatic heterocycles. The second kappa shape index (κ2) is 3.76. The van der Waals surface area contributed by atoms with Crippen LogP contribution in [0, 0.1) is 4.77 Å². The third kappa shape index (κ3) is 1.70. The number of nitrogens with one attached hydrogen (secondary N) is 1. The van der Waals surface area contributed by atoms with E-state index in [-0.39, 0.29) is 5.60 Å². The Morgan fingerprint density at radius 3 is 3.14 bits per heavy atom. The van der Waals surface area contributed by atoms with Gasteiger partial charge in [0.1, 0.15) is 5.60 Å². The minimum Gasteiger partial charge on any atom is -0.378 e. The molecule has 0 bridgehead atoms. The van der Waals surface area contributed by atoms with Crippen LogP contribution in [0.1, 0.15) is 6.42 Å². The van der Waals surface area contributed by atoms with Crippen LogP contribution in [0.15, 0.2) is 0 Å². The minimum absolute atomic E-state index is 0.285. The van der Waals surface area contributed by atoms with Crippen molar-refractivity contribution in [3.8, 4) is 0 Å². The van der Waals surface area contributed by atoms with Crippen LogP contribution in [0.2, 0.25) is 0 Å². The second-order valence-corrected chi connectivity index (χ2v) is 3.72. The van der Waals surface area contributed by atoms with E-state index in [9.17, 15) is 0 Å². The van der Waals surface area contributed by atoms with E-state index in [1.807, 2.05) is 0 Å². The molecule has 1 N–H and O–H groups in total. The highest BCUT2D eigenvalue weighted by Crippen LogP contribution is 2.23. The Morgan fingerprint density at radius 2 is 2.64 bits per heavy atom. The first-order valence-electron chi connectivity index (χ1n) is 4.37. The van der Waals surface area contributed by atoms with Crippen LogP contribution in [0.3, 0.4) is 0 Å². The van der Waals surface area contributed by atoms with Gasteiger partial charge >= 0.3 is 0 Å². The van der Waals surface area contributed by atoms with Gasteiger partial charge in [0, 0.05) is 20.1 Å². The third-order valence-corrected chi connectivity index (χ3v) is 2.78. The SMILES string of the molecule is COC1(Cn2[nH]nnc2=S)CCOC1. The normalized spacial score (nSPS) is 26.9. The highest BCUT2D eigenvalue weighted by atomic mass is 32.1. The number of ether oxygens (including phenoxy) is 2. The van der Waals surface area contributed by atoms with Crippen LogP contribution < -0.4 is 0 Å². The maximum atomic E-state index is 5.46. The maximum Gasteiger partial charge on any atom is 0.238 e. The molecule has 14 heavy (non-hydrogen) atoms. The fourth-order valence-corrected chi connectivity index (χ4v) is 1.69. The molecule has 1 aromatic rings. The standard InChI is InChI=1S/C7H12N4O2S/c1-12-7(2-3-13-5-7)4-11-6(14)8-9-10-11/h2-5H2,1H3,(H,8,10,14). The molecular formula is C7H12N4O2S. The molecule has 1 saturated heterocycles. The van der Waals surface area contributed by atoms with E-state index in [4.69, 9.17) is 21.7 Å². The summed E-state index contributed by atoms with van der Waals surface area (Å²) >= 11 is 4.98. The molecule has 0 saturated carbocycles. The molecule has 1 aromatic heterocycles. The number of tetrazole rings is 1. The summed E-state index contributed by atoms with van der Waals surface area (Å²) in [6.45, 7) is 1.92. The molecular weight excluding hydrogens is 204 g/mol. The predicted molar refractivity (Wildman–Crippen MR) is 50.4 cm³/mol. The van der Waals surface area contributed by atoms with Crippen LogP contribution in [0.4, 0.5) is 0 Å². The average Bonchev–Trinajstić information content (AvgIpc) is 2.79. The lowest BCUT2D eigenvalue weighted by atomic mass is 10.0. The predicted octanol–water partition coefficient (Wildman–Crippen LogP) is 0.141. The Labute approximate surface area is 86.2 Å². The van der Waals surface area contributed by atoms with Crippen LogP contribution in [0.5, 0.6) is 0 Å². The molecule has 0 aliphatic carbocycles. The van der Waals surface area contributed by atoms with Gasteiger partial charge in [-0.3, -0.25) is 0 Å². The van der Waals surface area contributed by atoms with Crippen LogP contribution in [0.25, 0.3) is 0 Å². The molecule has 1 unspecified atom stereocenters. The third-order valence-electron chi connectivity index (χ3n) is 2.48. The van der Waals surface area contributed by atoms with Gasteiger partial charge in [0.25, 0.3) is 0 Å². The Kier molecular flexibility index (Phi) is 2.62. The van der Waals surface area contributed by atoms with Gasteiger partial charge in [0.15, 0.2) is 0 Å². The zero-order chi connectivity index (χ0) is 10.0. The van der Waals surface area contributed by atoms with Gasteiger partial charge in [-0.25, -0.2) is 4.68 Å². The number of H-pyrrole nitrogens is 1. The lowest BCUT2D eigenvalue weighted by Gasteiger charge is -2.25. The van der Waals surface area contributed by atoms with Crippen molar-refractivity contribution in [3.63, 3.8) is 0 Å². The minimum atomic E-state index is -0.285. The second-order valence-electron chi connectivity index (χ2n) is 3.36. The lowest BCUT2D eigenvalue weighted by molar-refractivity contribution is -0.0324. The first-order valence-corrected chi connectivity index (χ1v) is 4.77. The number of hydrogen-bond donors (Lipinski definition) is 1. The van der Waals surface area contributed by atoms with E-state index in [0.29, 0.717) is 17.9 Å². The summed E-state index contributed by atoms with van der Waals surface area (Å²) in [5.41, 5.74) is -0.285. The zero-order valence-electron chi connectivity index (χ0n) is 7.89. The average molecular weight is 216 g/mol. The summed E-state index contributed by atoms with van der Waals surface area (Å²) in [5, 5.41) is 10.0. The summed E-state index contributed by atoms with van der Waals surface area (Å²) < 4.78 is 12.9. The fraction of sp³-hybridized carbons (Fsp3) is 0.857. The van der Waals surface area contributed by atoms with Crippen molar-refractivity contribution < 1.29 is 9.47 Å². The van der Waals surface area contributed by atoms with Crippen molar-refractivity contribution in [1.82, 2.24) is 20.2 Å². The number of nitrogens with zero attached hydrogens (tertiary/aromatic N) is 3. The Bertz CT molecular complexity index is 355. The van der Waals surface area contributed by atoms with Gasteiger partial charge in [0.2, 0.25) is 4.77 Å². The van der Waals surface area contributed by atoms with E-state index in [0.717, 1.165) is 13.0 Å². The number of methoxy groups -OCH3 is 1. The van der Waals surface area contributed by atoms with Gasteiger partial charge in [-0.05, 0) is 12.2 Å². The molecule has 0 spiro atoms. The summed E-state index contributed by atoms with van der Waals surface area (Å²) in [6, 6.07) is 0. The van der Waals surface area contributed by atoms with E-state index >= 15 is 0 Å². The van der Waals surface area contributed by atoms with Crippen molar-refractivity contribution in [3.05, 3.63) is 4.77 Å². The lowest BCUT2D eigenvalue weighted by Crippen LogP contribution is -2.37.